The molecule has 0 unspecified atom stereocenters. The topological polar surface area (TPSA) is 121 Å². The SMILES string of the molecule is CCOC(=O)C[C@H](NC(=O)c1ccc(-c2ccc(C(=O)CC(C)(C)C)o2)cc1OCC)C(=O)OCC. The van der Waals surface area contributed by atoms with Crippen LogP contribution in [0.1, 0.15) is 75.3 Å². The number of ketones is 1. The fraction of sp³-hybridized carbons (Fsp3) is 0.481. The van der Waals surface area contributed by atoms with Gasteiger partial charge in [-0.1, -0.05) is 26.8 Å². The second-order valence-corrected chi connectivity index (χ2v) is 9.26. The highest BCUT2D eigenvalue weighted by atomic mass is 16.5. The van der Waals surface area contributed by atoms with Crippen LogP contribution >= 0.6 is 0 Å². The molecule has 1 aromatic heterocycles. The molecule has 36 heavy (non-hydrogen) atoms. The number of amides is 1. The van der Waals surface area contributed by atoms with E-state index in [4.69, 9.17) is 18.6 Å². The fourth-order valence-corrected chi connectivity index (χ4v) is 3.41. The Bertz CT molecular complexity index is 1080. The van der Waals surface area contributed by atoms with Crippen LogP contribution in [-0.4, -0.2) is 49.5 Å². The highest BCUT2D eigenvalue weighted by molar-refractivity contribution is 6.00. The first-order valence-electron chi connectivity index (χ1n) is 12.0. The van der Waals surface area contributed by atoms with Crippen LogP contribution in [0.4, 0.5) is 0 Å². The average molecular weight is 502 g/mol. The van der Waals surface area contributed by atoms with Crippen molar-refractivity contribution in [2.75, 3.05) is 19.8 Å². The molecular weight excluding hydrogens is 466 g/mol. The maximum atomic E-state index is 13.1. The Hall–Kier alpha value is -3.62. The van der Waals surface area contributed by atoms with Gasteiger partial charge in [-0.25, -0.2) is 4.79 Å². The van der Waals surface area contributed by atoms with Gasteiger partial charge in [-0.05, 0) is 50.5 Å². The van der Waals surface area contributed by atoms with E-state index in [9.17, 15) is 19.2 Å². The summed E-state index contributed by atoms with van der Waals surface area (Å²) in [6, 6.07) is 6.91. The van der Waals surface area contributed by atoms with E-state index in [1.54, 1.807) is 45.0 Å². The lowest BCUT2D eigenvalue weighted by Gasteiger charge is -2.18. The molecule has 196 valence electrons. The number of hydrogen-bond donors (Lipinski definition) is 1. The highest BCUT2D eigenvalue weighted by Crippen LogP contribution is 2.30. The Labute approximate surface area is 211 Å². The van der Waals surface area contributed by atoms with Crippen molar-refractivity contribution in [1.29, 1.82) is 0 Å². The number of benzene rings is 1. The number of esters is 2. The summed E-state index contributed by atoms with van der Waals surface area (Å²) in [6.45, 7) is 11.5. The largest absolute Gasteiger partial charge is 0.493 e. The van der Waals surface area contributed by atoms with Gasteiger partial charge < -0.3 is 23.9 Å². The van der Waals surface area contributed by atoms with Crippen molar-refractivity contribution >= 4 is 23.6 Å². The summed E-state index contributed by atoms with van der Waals surface area (Å²) in [5, 5.41) is 2.54. The Morgan fingerprint density at radius 2 is 1.64 bits per heavy atom. The number of ether oxygens (including phenoxy) is 3. The van der Waals surface area contributed by atoms with Gasteiger partial charge >= 0.3 is 11.9 Å². The summed E-state index contributed by atoms with van der Waals surface area (Å²) in [5.41, 5.74) is 0.600. The summed E-state index contributed by atoms with van der Waals surface area (Å²) in [5.74, 6) is -1.12. The quantitative estimate of drug-likeness (QED) is 0.331. The molecule has 0 aliphatic heterocycles. The molecule has 9 nitrogen and oxygen atoms in total. The standard InChI is InChI=1S/C27H35NO8/c1-7-33-23-14-17(21-12-13-22(36-21)20(29)16-27(4,5)6)10-11-18(23)25(31)28-19(26(32)35-9-3)15-24(30)34-8-2/h10-14,19H,7-9,15-16H2,1-6H3,(H,28,31)/t19-/m0/s1. The van der Waals surface area contributed by atoms with Crippen LogP contribution in [0.5, 0.6) is 5.75 Å². The first-order valence-corrected chi connectivity index (χ1v) is 12.0. The Kier molecular flexibility index (Phi) is 10.3. The number of carbonyl (C=O) groups is 4. The first-order chi connectivity index (χ1) is 17.0. The lowest BCUT2D eigenvalue weighted by molar-refractivity contribution is -0.152. The predicted molar refractivity (Wildman–Crippen MR) is 133 cm³/mol. The number of hydrogen-bond acceptors (Lipinski definition) is 8. The molecule has 2 aromatic rings. The van der Waals surface area contributed by atoms with Gasteiger partial charge in [-0.3, -0.25) is 14.4 Å². The van der Waals surface area contributed by atoms with E-state index >= 15 is 0 Å². The summed E-state index contributed by atoms with van der Waals surface area (Å²) in [6.07, 6.45) is -0.0189. The van der Waals surface area contributed by atoms with Crippen LogP contribution in [0.25, 0.3) is 11.3 Å². The van der Waals surface area contributed by atoms with Crippen molar-refractivity contribution in [3.63, 3.8) is 0 Å². The molecule has 1 atom stereocenters. The normalized spacial score (nSPS) is 11.9. The lowest BCUT2D eigenvalue weighted by atomic mass is 9.89. The molecule has 0 fully saturated rings. The molecule has 1 aromatic carbocycles. The number of carbonyl (C=O) groups excluding carboxylic acids is 4. The van der Waals surface area contributed by atoms with E-state index in [0.717, 1.165) is 0 Å². The maximum Gasteiger partial charge on any atom is 0.329 e. The van der Waals surface area contributed by atoms with Gasteiger partial charge in [0.25, 0.3) is 5.91 Å². The van der Waals surface area contributed by atoms with E-state index in [1.807, 2.05) is 20.8 Å². The molecule has 0 aliphatic carbocycles. The van der Waals surface area contributed by atoms with Crippen molar-refractivity contribution in [1.82, 2.24) is 5.32 Å². The molecule has 0 saturated heterocycles. The monoisotopic (exact) mass is 501 g/mol. The van der Waals surface area contributed by atoms with Crippen molar-refractivity contribution in [3.8, 4) is 17.1 Å². The molecule has 1 N–H and O–H groups in total. The molecule has 2 rings (SSSR count). The van der Waals surface area contributed by atoms with Crippen LogP contribution in [0.3, 0.4) is 0 Å². The highest BCUT2D eigenvalue weighted by Gasteiger charge is 2.28. The minimum atomic E-state index is -1.22. The Balaban J connectivity index is 2.29. The van der Waals surface area contributed by atoms with Crippen LogP contribution in [0.2, 0.25) is 0 Å². The first kappa shape index (κ1) is 28.6. The molecule has 0 saturated carbocycles. The minimum absolute atomic E-state index is 0.0936. The molecule has 0 radical (unpaired) electrons. The summed E-state index contributed by atoms with van der Waals surface area (Å²) < 4.78 is 21.4. The summed E-state index contributed by atoms with van der Waals surface area (Å²) >= 11 is 0. The number of rotatable bonds is 12. The third-order valence-corrected chi connectivity index (χ3v) is 4.93. The summed E-state index contributed by atoms with van der Waals surface area (Å²) in [7, 11) is 0. The van der Waals surface area contributed by atoms with Crippen LogP contribution in [-0.2, 0) is 19.1 Å². The fourth-order valence-electron chi connectivity index (χ4n) is 3.41. The zero-order valence-corrected chi connectivity index (χ0v) is 21.8. The Morgan fingerprint density at radius 1 is 0.944 bits per heavy atom. The maximum absolute atomic E-state index is 13.1. The van der Waals surface area contributed by atoms with E-state index in [1.165, 1.54) is 6.07 Å². The molecule has 0 aliphatic rings. The average Bonchev–Trinajstić information content (AvgIpc) is 3.28. The van der Waals surface area contributed by atoms with Gasteiger partial charge in [0.1, 0.15) is 17.6 Å². The van der Waals surface area contributed by atoms with Crippen LogP contribution < -0.4 is 10.1 Å². The van der Waals surface area contributed by atoms with Gasteiger partial charge in [0, 0.05) is 12.0 Å². The van der Waals surface area contributed by atoms with E-state index < -0.39 is 23.9 Å². The van der Waals surface area contributed by atoms with Crippen molar-refractivity contribution in [2.24, 2.45) is 5.41 Å². The van der Waals surface area contributed by atoms with Crippen LogP contribution in [0.15, 0.2) is 34.7 Å². The van der Waals surface area contributed by atoms with Gasteiger partial charge in [0.2, 0.25) is 0 Å². The number of Topliss-reactive ketones (excluding diaryl/α,β-unsaturated/α-hetero) is 1. The molecule has 0 bridgehead atoms. The van der Waals surface area contributed by atoms with E-state index in [0.29, 0.717) is 17.7 Å². The number of furan rings is 1. The van der Waals surface area contributed by atoms with Gasteiger partial charge in [0.05, 0.1) is 31.8 Å². The van der Waals surface area contributed by atoms with Crippen molar-refractivity contribution in [3.05, 3.63) is 41.7 Å². The molecule has 1 amide bonds. The van der Waals surface area contributed by atoms with Crippen molar-refractivity contribution in [2.45, 2.75) is 60.4 Å². The molecular formula is C27H35NO8. The third kappa shape index (κ3) is 8.25. The zero-order valence-electron chi connectivity index (χ0n) is 21.8. The minimum Gasteiger partial charge on any atom is -0.493 e. The lowest BCUT2D eigenvalue weighted by Crippen LogP contribution is -2.43. The van der Waals surface area contributed by atoms with Crippen molar-refractivity contribution < 1.29 is 37.8 Å². The molecule has 9 heteroatoms. The second-order valence-electron chi connectivity index (χ2n) is 9.26. The summed E-state index contributed by atoms with van der Waals surface area (Å²) in [4.78, 5) is 49.8. The van der Waals surface area contributed by atoms with Gasteiger partial charge in [-0.2, -0.15) is 0 Å². The predicted octanol–water partition coefficient (Wildman–Crippen LogP) is 4.58. The zero-order chi connectivity index (χ0) is 26.9. The second kappa shape index (κ2) is 12.9. The number of nitrogens with one attached hydrogen (secondary N) is 1. The molecule has 0 spiro atoms. The third-order valence-electron chi connectivity index (χ3n) is 4.93. The smallest absolute Gasteiger partial charge is 0.329 e. The van der Waals surface area contributed by atoms with E-state index in [-0.39, 0.29) is 54.5 Å². The van der Waals surface area contributed by atoms with E-state index in [2.05, 4.69) is 5.32 Å². The van der Waals surface area contributed by atoms with Crippen LogP contribution in [0, 0.1) is 5.41 Å². The van der Waals surface area contributed by atoms with Gasteiger partial charge in [0.15, 0.2) is 11.5 Å². The van der Waals surface area contributed by atoms with Gasteiger partial charge in [-0.15, -0.1) is 0 Å². The molecule has 1 heterocycles. The Morgan fingerprint density at radius 3 is 2.25 bits per heavy atom.